The van der Waals surface area contributed by atoms with Crippen molar-refractivity contribution in [1.29, 1.82) is 0 Å². The maximum absolute atomic E-state index is 12.9. The largest absolute Gasteiger partial charge is 0.356 e. The number of rotatable bonds is 7. The zero-order valence-corrected chi connectivity index (χ0v) is 17.2. The van der Waals surface area contributed by atoms with Gasteiger partial charge in [0.1, 0.15) is 0 Å². The molecule has 2 amide bonds. The smallest absolute Gasteiger partial charge is 0.225 e. The average molecular weight is 387 g/mol. The molecule has 1 N–H and O–H groups in total. The van der Waals surface area contributed by atoms with E-state index in [0.29, 0.717) is 18.9 Å². The molecular weight excluding hydrogens is 352 g/mol. The summed E-state index contributed by atoms with van der Waals surface area (Å²) in [7, 11) is -3.00. The van der Waals surface area contributed by atoms with Gasteiger partial charge in [0.15, 0.2) is 9.84 Å². The summed E-state index contributed by atoms with van der Waals surface area (Å²) >= 11 is 0. The second-order valence-corrected chi connectivity index (χ2v) is 10.4. The third kappa shape index (κ3) is 5.69. The van der Waals surface area contributed by atoms with E-state index < -0.39 is 9.84 Å². The van der Waals surface area contributed by atoms with Crippen LogP contribution in [0.4, 0.5) is 0 Å². The number of hydrogen-bond donors (Lipinski definition) is 1. The van der Waals surface area contributed by atoms with E-state index in [9.17, 15) is 18.0 Å². The van der Waals surface area contributed by atoms with Crippen LogP contribution in [0, 0.1) is 17.8 Å². The summed E-state index contributed by atoms with van der Waals surface area (Å²) in [6.45, 7) is 7.45. The van der Waals surface area contributed by atoms with Crippen LogP contribution in [-0.2, 0) is 19.4 Å². The average Bonchev–Trinajstić information content (AvgIpc) is 2.94. The highest BCUT2D eigenvalue weighted by Crippen LogP contribution is 2.31. The van der Waals surface area contributed by atoms with E-state index in [1.165, 1.54) is 0 Å². The zero-order chi connectivity index (χ0) is 19.3. The second kappa shape index (κ2) is 9.20. The van der Waals surface area contributed by atoms with Crippen LogP contribution in [0.15, 0.2) is 0 Å². The van der Waals surface area contributed by atoms with E-state index in [1.807, 2.05) is 6.92 Å². The van der Waals surface area contributed by atoms with Crippen LogP contribution in [-0.4, -0.2) is 55.8 Å². The molecule has 1 heterocycles. The number of hydrogen-bond acceptors (Lipinski definition) is 4. The Morgan fingerprint density at radius 3 is 2.19 bits per heavy atom. The Hall–Kier alpha value is -1.11. The zero-order valence-electron chi connectivity index (χ0n) is 16.4. The fraction of sp³-hybridized carbons (Fsp3) is 0.895. The topological polar surface area (TPSA) is 83.6 Å². The van der Waals surface area contributed by atoms with Gasteiger partial charge in [-0.2, -0.15) is 0 Å². The highest BCUT2D eigenvalue weighted by Gasteiger charge is 2.38. The van der Waals surface area contributed by atoms with Gasteiger partial charge >= 0.3 is 0 Å². The standard InChI is InChI=1S/C19H34N2O4S/c1-4-21(17-10-12-26(24,25)13-17)19(23)16-7-5-15(6-8-16)18(22)20-11-9-14(2)3/h14-17H,4-13H2,1-3H3,(H,20,22). The van der Waals surface area contributed by atoms with E-state index >= 15 is 0 Å². The van der Waals surface area contributed by atoms with E-state index in [-0.39, 0.29) is 41.2 Å². The molecule has 0 bridgehead atoms. The van der Waals surface area contributed by atoms with Crippen molar-refractivity contribution in [2.45, 2.75) is 65.3 Å². The van der Waals surface area contributed by atoms with Crippen molar-refractivity contribution < 1.29 is 18.0 Å². The quantitative estimate of drug-likeness (QED) is 0.725. The molecule has 0 radical (unpaired) electrons. The van der Waals surface area contributed by atoms with E-state index in [4.69, 9.17) is 0 Å². The van der Waals surface area contributed by atoms with E-state index in [2.05, 4.69) is 19.2 Å². The van der Waals surface area contributed by atoms with Gasteiger partial charge in [0, 0.05) is 31.0 Å². The maximum atomic E-state index is 12.9. The van der Waals surface area contributed by atoms with Gasteiger partial charge in [-0.1, -0.05) is 13.8 Å². The highest BCUT2D eigenvalue weighted by atomic mass is 32.2. The first-order valence-corrected chi connectivity index (χ1v) is 11.8. The minimum atomic E-state index is -3.00. The molecule has 2 rings (SSSR count). The van der Waals surface area contributed by atoms with Gasteiger partial charge < -0.3 is 10.2 Å². The SMILES string of the molecule is CCN(C(=O)C1CCC(C(=O)NCCC(C)C)CC1)C1CCS(=O)(=O)C1. The predicted molar refractivity (Wildman–Crippen MR) is 102 cm³/mol. The van der Waals surface area contributed by atoms with Crippen molar-refractivity contribution in [3.8, 4) is 0 Å². The fourth-order valence-electron chi connectivity index (χ4n) is 4.08. The number of nitrogens with one attached hydrogen (secondary N) is 1. The highest BCUT2D eigenvalue weighted by molar-refractivity contribution is 7.91. The Kier molecular flexibility index (Phi) is 7.50. The van der Waals surface area contributed by atoms with Crippen molar-refractivity contribution in [2.24, 2.45) is 17.8 Å². The van der Waals surface area contributed by atoms with Crippen molar-refractivity contribution >= 4 is 21.7 Å². The maximum Gasteiger partial charge on any atom is 0.225 e. The summed E-state index contributed by atoms with van der Waals surface area (Å²) in [5, 5.41) is 3.01. The molecule has 1 aliphatic carbocycles. The van der Waals surface area contributed by atoms with Gasteiger partial charge in [-0.3, -0.25) is 9.59 Å². The summed E-state index contributed by atoms with van der Waals surface area (Å²) in [5.41, 5.74) is 0. The molecule has 0 aromatic rings. The lowest BCUT2D eigenvalue weighted by molar-refractivity contribution is -0.140. The van der Waals surface area contributed by atoms with Gasteiger partial charge in [0.05, 0.1) is 11.5 Å². The van der Waals surface area contributed by atoms with Crippen LogP contribution in [0.3, 0.4) is 0 Å². The van der Waals surface area contributed by atoms with Gasteiger partial charge in [-0.15, -0.1) is 0 Å². The predicted octanol–water partition coefficient (Wildman–Crippen LogP) is 1.99. The van der Waals surface area contributed by atoms with Gasteiger partial charge in [-0.25, -0.2) is 8.42 Å². The van der Waals surface area contributed by atoms with Gasteiger partial charge in [-0.05, 0) is 51.4 Å². The molecule has 1 unspecified atom stereocenters. The van der Waals surface area contributed by atoms with Crippen LogP contribution in [0.25, 0.3) is 0 Å². The summed E-state index contributed by atoms with van der Waals surface area (Å²) in [5.74, 6) is 0.985. The lowest BCUT2D eigenvalue weighted by Crippen LogP contribution is -2.45. The molecular formula is C19H34N2O4S. The van der Waals surface area contributed by atoms with Crippen LogP contribution >= 0.6 is 0 Å². The molecule has 6 nitrogen and oxygen atoms in total. The van der Waals surface area contributed by atoms with Crippen molar-refractivity contribution in [3.63, 3.8) is 0 Å². The number of sulfone groups is 1. The minimum absolute atomic E-state index is 0.00754. The van der Waals surface area contributed by atoms with E-state index in [1.54, 1.807) is 4.90 Å². The van der Waals surface area contributed by atoms with Crippen LogP contribution in [0.2, 0.25) is 0 Å². The van der Waals surface area contributed by atoms with Gasteiger partial charge in [0.2, 0.25) is 11.8 Å². The molecule has 7 heteroatoms. The van der Waals surface area contributed by atoms with Crippen LogP contribution < -0.4 is 5.32 Å². The van der Waals surface area contributed by atoms with Crippen molar-refractivity contribution in [3.05, 3.63) is 0 Å². The molecule has 1 atom stereocenters. The number of nitrogens with zero attached hydrogens (tertiary/aromatic N) is 1. The monoisotopic (exact) mass is 386 g/mol. The summed E-state index contributed by atoms with van der Waals surface area (Å²) in [6, 6.07) is -0.172. The first-order chi connectivity index (χ1) is 12.2. The van der Waals surface area contributed by atoms with E-state index in [0.717, 1.165) is 38.6 Å². The Morgan fingerprint density at radius 1 is 1.08 bits per heavy atom. The lowest BCUT2D eigenvalue weighted by Gasteiger charge is -2.34. The first-order valence-electron chi connectivity index (χ1n) is 10.0. The Bertz CT molecular complexity index is 595. The Labute approximate surface area is 158 Å². The molecule has 0 aromatic carbocycles. The summed E-state index contributed by atoms with van der Waals surface area (Å²) in [6.07, 6.45) is 4.45. The molecule has 1 aliphatic heterocycles. The van der Waals surface area contributed by atoms with Crippen LogP contribution in [0.5, 0.6) is 0 Å². The molecule has 2 aliphatic rings. The Morgan fingerprint density at radius 2 is 1.69 bits per heavy atom. The number of carbonyl (C=O) groups excluding carboxylic acids is 2. The third-order valence-electron chi connectivity index (χ3n) is 5.74. The first kappa shape index (κ1) is 21.2. The van der Waals surface area contributed by atoms with Crippen molar-refractivity contribution in [2.75, 3.05) is 24.6 Å². The van der Waals surface area contributed by atoms with Crippen LogP contribution in [0.1, 0.15) is 59.3 Å². The molecule has 0 aromatic heterocycles. The molecule has 150 valence electrons. The molecule has 2 fully saturated rings. The molecule has 1 saturated heterocycles. The molecule has 26 heavy (non-hydrogen) atoms. The second-order valence-electron chi connectivity index (χ2n) is 8.20. The third-order valence-corrected chi connectivity index (χ3v) is 7.49. The Balaban J connectivity index is 1.82. The minimum Gasteiger partial charge on any atom is -0.356 e. The molecule has 1 saturated carbocycles. The molecule has 0 spiro atoms. The van der Waals surface area contributed by atoms with Gasteiger partial charge in [0.25, 0.3) is 0 Å². The summed E-state index contributed by atoms with van der Waals surface area (Å²) in [4.78, 5) is 26.9. The number of carbonyl (C=O) groups is 2. The normalized spacial score (nSPS) is 28.1. The van der Waals surface area contributed by atoms with Crippen molar-refractivity contribution in [1.82, 2.24) is 10.2 Å². The summed E-state index contributed by atoms with van der Waals surface area (Å²) < 4.78 is 23.4. The number of amides is 2. The lowest BCUT2D eigenvalue weighted by atomic mass is 9.80. The fourth-order valence-corrected chi connectivity index (χ4v) is 5.81.